The maximum Gasteiger partial charge on any atom is 0.0388 e. The lowest BCUT2D eigenvalue weighted by atomic mass is 10.0. The Balaban J connectivity index is 3.08. The Morgan fingerprint density at radius 2 is 1.85 bits per heavy atom. The number of hydrogen-bond acceptors (Lipinski definition) is 0. The van der Waals surface area contributed by atoms with Crippen molar-refractivity contribution in [2.24, 2.45) is 0 Å². The molecular weight excluding hydrogens is 172 g/mol. The van der Waals surface area contributed by atoms with E-state index in [0.29, 0.717) is 0 Å². The summed E-state index contributed by atoms with van der Waals surface area (Å²) >= 11 is 0. The van der Waals surface area contributed by atoms with Crippen LogP contribution in [0.3, 0.4) is 0 Å². The maximum atomic E-state index is 3.79. The second kappa shape index (κ2) is 4.82. The van der Waals surface area contributed by atoms with Crippen molar-refractivity contribution in [3.63, 3.8) is 0 Å². The molecule has 0 aliphatic heterocycles. The van der Waals surface area contributed by atoms with E-state index < -0.39 is 0 Å². The first-order valence-corrected chi connectivity index (χ1v) is 5.58. The fourth-order valence-electron chi connectivity index (χ4n) is 1.55. The standard InChI is InChI=1S/C12H16Si/c1-3-6-10-8-5-9-12(13)11(10)7-4-2/h3-5,8-9H,1-2,6-7H2,13H3. The van der Waals surface area contributed by atoms with Crippen LogP contribution in [0, 0.1) is 0 Å². The first-order valence-electron chi connectivity index (χ1n) is 4.58. The lowest BCUT2D eigenvalue weighted by Crippen LogP contribution is -2.12. The van der Waals surface area contributed by atoms with Crippen molar-refractivity contribution in [3.8, 4) is 0 Å². The molecule has 0 saturated heterocycles. The van der Waals surface area contributed by atoms with Crippen LogP contribution >= 0.6 is 0 Å². The van der Waals surface area contributed by atoms with Crippen molar-refractivity contribution in [2.75, 3.05) is 0 Å². The van der Waals surface area contributed by atoms with Gasteiger partial charge in [-0.3, -0.25) is 0 Å². The van der Waals surface area contributed by atoms with Crippen molar-refractivity contribution in [1.29, 1.82) is 0 Å². The summed E-state index contributed by atoms with van der Waals surface area (Å²) in [5, 5.41) is 1.49. The van der Waals surface area contributed by atoms with Gasteiger partial charge in [-0.15, -0.1) is 13.2 Å². The molecular formula is C12H16Si. The molecule has 0 nitrogen and oxygen atoms in total. The van der Waals surface area contributed by atoms with Gasteiger partial charge < -0.3 is 0 Å². The van der Waals surface area contributed by atoms with Crippen molar-refractivity contribution in [3.05, 3.63) is 54.6 Å². The third kappa shape index (κ3) is 2.43. The van der Waals surface area contributed by atoms with Crippen molar-refractivity contribution in [1.82, 2.24) is 0 Å². The molecule has 1 aromatic rings. The van der Waals surface area contributed by atoms with Gasteiger partial charge in [0.25, 0.3) is 0 Å². The first kappa shape index (κ1) is 10.0. The van der Waals surface area contributed by atoms with Gasteiger partial charge in [-0.2, -0.15) is 0 Å². The van der Waals surface area contributed by atoms with Crippen LogP contribution < -0.4 is 5.19 Å². The molecule has 0 atom stereocenters. The molecule has 0 radical (unpaired) electrons. The normalized spacial score (nSPS) is 9.85. The van der Waals surface area contributed by atoms with Crippen LogP contribution in [0.4, 0.5) is 0 Å². The predicted octanol–water partition coefficient (Wildman–Crippen LogP) is 1.13. The van der Waals surface area contributed by atoms with E-state index in [1.54, 1.807) is 0 Å². The summed E-state index contributed by atoms with van der Waals surface area (Å²) in [6.07, 6.45) is 5.90. The first-order chi connectivity index (χ1) is 6.29. The summed E-state index contributed by atoms with van der Waals surface area (Å²) in [5.74, 6) is 0. The summed E-state index contributed by atoms with van der Waals surface area (Å²) in [4.78, 5) is 0. The lowest BCUT2D eigenvalue weighted by molar-refractivity contribution is 1.17. The maximum absolute atomic E-state index is 3.79. The third-order valence-electron chi connectivity index (χ3n) is 2.22. The van der Waals surface area contributed by atoms with E-state index in [9.17, 15) is 0 Å². The SMILES string of the molecule is C=CCc1cccc([SiH3])c1CC=C. The van der Waals surface area contributed by atoms with Gasteiger partial charge in [0, 0.05) is 10.2 Å². The highest BCUT2D eigenvalue weighted by molar-refractivity contribution is 6.33. The topological polar surface area (TPSA) is 0 Å². The highest BCUT2D eigenvalue weighted by Gasteiger charge is 2.01. The third-order valence-corrected chi connectivity index (χ3v) is 3.16. The number of hydrogen-bond donors (Lipinski definition) is 0. The van der Waals surface area contributed by atoms with Crippen LogP contribution in [0.5, 0.6) is 0 Å². The lowest BCUT2D eigenvalue weighted by Gasteiger charge is -2.08. The van der Waals surface area contributed by atoms with Crippen molar-refractivity contribution >= 4 is 15.4 Å². The largest absolute Gasteiger partial charge is 0.103 e. The summed E-state index contributed by atoms with van der Waals surface area (Å²) in [6, 6.07) is 6.52. The van der Waals surface area contributed by atoms with Gasteiger partial charge >= 0.3 is 0 Å². The molecule has 0 amide bonds. The molecule has 13 heavy (non-hydrogen) atoms. The molecule has 68 valence electrons. The molecule has 0 N–H and O–H groups in total. The molecule has 0 heterocycles. The molecule has 0 unspecified atom stereocenters. The molecule has 0 fully saturated rings. The minimum Gasteiger partial charge on any atom is -0.103 e. The molecule has 0 aromatic heterocycles. The van der Waals surface area contributed by atoms with Gasteiger partial charge in [0.1, 0.15) is 0 Å². The smallest absolute Gasteiger partial charge is 0.0388 e. The Morgan fingerprint density at radius 1 is 1.15 bits per heavy atom. The molecule has 0 bridgehead atoms. The van der Waals surface area contributed by atoms with E-state index in [0.717, 1.165) is 23.1 Å². The van der Waals surface area contributed by atoms with Crippen LogP contribution in [0.1, 0.15) is 11.1 Å². The number of allylic oxidation sites excluding steroid dienone is 2. The summed E-state index contributed by atoms with van der Waals surface area (Å²) in [7, 11) is 1.11. The van der Waals surface area contributed by atoms with Gasteiger partial charge in [0.15, 0.2) is 0 Å². The van der Waals surface area contributed by atoms with E-state index >= 15 is 0 Å². The quantitative estimate of drug-likeness (QED) is 0.491. The van der Waals surface area contributed by atoms with Crippen molar-refractivity contribution < 1.29 is 0 Å². The Hall–Kier alpha value is -1.08. The van der Waals surface area contributed by atoms with Gasteiger partial charge in [0.2, 0.25) is 0 Å². The van der Waals surface area contributed by atoms with Crippen LogP contribution in [-0.2, 0) is 12.8 Å². The summed E-state index contributed by atoms with van der Waals surface area (Å²) < 4.78 is 0. The van der Waals surface area contributed by atoms with Crippen molar-refractivity contribution in [2.45, 2.75) is 12.8 Å². The van der Waals surface area contributed by atoms with Gasteiger partial charge in [-0.25, -0.2) is 0 Å². The summed E-state index contributed by atoms with van der Waals surface area (Å²) in [6.45, 7) is 7.56. The Bertz CT molecular complexity index is 313. The van der Waals surface area contributed by atoms with Crippen LogP contribution in [-0.4, -0.2) is 10.2 Å². The average Bonchev–Trinajstić information content (AvgIpc) is 2.11. The average molecular weight is 188 g/mol. The van der Waals surface area contributed by atoms with E-state index in [1.165, 1.54) is 16.3 Å². The highest BCUT2D eigenvalue weighted by Crippen LogP contribution is 2.08. The van der Waals surface area contributed by atoms with Crippen LogP contribution in [0.25, 0.3) is 0 Å². The van der Waals surface area contributed by atoms with Gasteiger partial charge in [-0.05, 0) is 24.0 Å². The van der Waals surface area contributed by atoms with E-state index in [-0.39, 0.29) is 0 Å². The molecule has 0 aliphatic carbocycles. The molecule has 1 heteroatoms. The Kier molecular flexibility index (Phi) is 3.71. The molecule has 1 aromatic carbocycles. The molecule has 0 spiro atoms. The van der Waals surface area contributed by atoms with E-state index in [2.05, 4.69) is 31.4 Å². The zero-order valence-electron chi connectivity index (χ0n) is 8.22. The van der Waals surface area contributed by atoms with Crippen LogP contribution in [0.15, 0.2) is 43.5 Å². The second-order valence-electron chi connectivity index (χ2n) is 3.20. The fraction of sp³-hybridized carbons (Fsp3) is 0.167. The predicted molar refractivity (Wildman–Crippen MR) is 63.8 cm³/mol. The monoisotopic (exact) mass is 188 g/mol. The van der Waals surface area contributed by atoms with Crippen LogP contribution in [0.2, 0.25) is 0 Å². The molecule has 0 saturated carbocycles. The number of benzene rings is 1. The number of rotatable bonds is 4. The van der Waals surface area contributed by atoms with Gasteiger partial charge in [0.05, 0.1) is 0 Å². The molecule has 1 rings (SSSR count). The molecule has 0 aliphatic rings. The zero-order chi connectivity index (χ0) is 9.68. The fourth-order valence-corrected chi connectivity index (χ4v) is 2.26. The van der Waals surface area contributed by atoms with E-state index in [1.807, 2.05) is 12.2 Å². The Labute approximate surface area is 83.4 Å². The Morgan fingerprint density at radius 3 is 2.46 bits per heavy atom. The summed E-state index contributed by atoms with van der Waals surface area (Å²) in [5.41, 5.74) is 2.87. The highest BCUT2D eigenvalue weighted by atomic mass is 28.1. The van der Waals surface area contributed by atoms with Gasteiger partial charge in [-0.1, -0.05) is 35.5 Å². The second-order valence-corrected chi connectivity index (χ2v) is 4.28. The van der Waals surface area contributed by atoms with E-state index in [4.69, 9.17) is 0 Å². The minimum absolute atomic E-state index is 0.971. The minimum atomic E-state index is 0.971. The zero-order valence-corrected chi connectivity index (χ0v) is 10.2.